The number of hydrogen-bond acceptors (Lipinski definition) is 3. The maximum atomic E-state index is 11.8. The molecule has 0 fully saturated rings. The molecule has 1 aromatic carbocycles. The van der Waals surface area contributed by atoms with Crippen molar-refractivity contribution < 1.29 is 9.53 Å². The lowest BCUT2D eigenvalue weighted by molar-refractivity contribution is -0.144. The summed E-state index contributed by atoms with van der Waals surface area (Å²) in [7, 11) is 0. The minimum absolute atomic E-state index is 0. The zero-order valence-corrected chi connectivity index (χ0v) is 13.2. The molecule has 0 unspecified atom stereocenters. The Morgan fingerprint density at radius 2 is 1.80 bits per heavy atom. The van der Waals surface area contributed by atoms with E-state index in [1.54, 1.807) is 0 Å². The summed E-state index contributed by atoms with van der Waals surface area (Å²) in [5, 5.41) is 3.13. The van der Waals surface area contributed by atoms with Crippen LogP contribution in [0.25, 0.3) is 0 Å². The van der Waals surface area contributed by atoms with Gasteiger partial charge in [0, 0.05) is 5.69 Å². The second-order valence-corrected chi connectivity index (χ2v) is 4.81. The van der Waals surface area contributed by atoms with Gasteiger partial charge in [-0.15, -0.1) is 12.4 Å². The Kier molecular flexibility index (Phi) is 10.9. The standard InChI is InChI=1S/C16H25NO2.ClH/c1-3-4-5-6-10-13-19-16(18)14(2)17-15-11-8-7-9-12-15;/h7-9,11-12,14,17H,3-6,10,13H2,1-2H3;1H/t14-;/m0./s1. The molecule has 1 aromatic rings. The smallest absolute Gasteiger partial charge is 0.328 e. The molecule has 0 aliphatic rings. The van der Waals surface area contributed by atoms with E-state index in [4.69, 9.17) is 4.74 Å². The summed E-state index contributed by atoms with van der Waals surface area (Å²) in [4.78, 5) is 11.8. The van der Waals surface area contributed by atoms with Crippen molar-refractivity contribution in [2.45, 2.75) is 52.0 Å². The fourth-order valence-electron chi connectivity index (χ4n) is 1.85. The second-order valence-electron chi connectivity index (χ2n) is 4.81. The predicted octanol–water partition coefficient (Wildman–Crippen LogP) is 4.42. The van der Waals surface area contributed by atoms with Gasteiger partial charge in [-0.25, -0.2) is 4.79 Å². The van der Waals surface area contributed by atoms with Gasteiger partial charge in [0.2, 0.25) is 0 Å². The lowest BCUT2D eigenvalue weighted by Gasteiger charge is -2.14. The second kappa shape index (κ2) is 11.6. The first-order valence-electron chi connectivity index (χ1n) is 7.22. The molecule has 0 saturated heterocycles. The van der Waals surface area contributed by atoms with Gasteiger partial charge in [0.25, 0.3) is 0 Å². The van der Waals surface area contributed by atoms with E-state index in [0.717, 1.165) is 18.5 Å². The maximum absolute atomic E-state index is 11.8. The minimum atomic E-state index is -0.307. The molecule has 1 rings (SSSR count). The van der Waals surface area contributed by atoms with E-state index >= 15 is 0 Å². The predicted molar refractivity (Wildman–Crippen MR) is 86.5 cm³/mol. The molecule has 0 radical (unpaired) electrons. The highest BCUT2D eigenvalue weighted by Gasteiger charge is 2.13. The SMILES string of the molecule is CCCCCCCOC(=O)[C@H](C)Nc1ccccc1.Cl. The van der Waals surface area contributed by atoms with Crippen molar-refractivity contribution in [2.75, 3.05) is 11.9 Å². The van der Waals surface area contributed by atoms with Crippen molar-refractivity contribution in [3.8, 4) is 0 Å². The molecule has 3 nitrogen and oxygen atoms in total. The van der Waals surface area contributed by atoms with E-state index in [-0.39, 0.29) is 24.4 Å². The number of unbranched alkanes of at least 4 members (excludes halogenated alkanes) is 4. The van der Waals surface area contributed by atoms with Crippen molar-refractivity contribution >= 4 is 24.1 Å². The summed E-state index contributed by atoms with van der Waals surface area (Å²) in [6.45, 7) is 4.55. The van der Waals surface area contributed by atoms with Gasteiger partial charge in [0.05, 0.1) is 6.61 Å². The van der Waals surface area contributed by atoms with E-state index in [2.05, 4.69) is 12.2 Å². The zero-order chi connectivity index (χ0) is 13.9. The molecule has 0 amide bonds. The van der Waals surface area contributed by atoms with Crippen LogP contribution < -0.4 is 5.32 Å². The van der Waals surface area contributed by atoms with Crippen LogP contribution in [0.5, 0.6) is 0 Å². The first kappa shape index (κ1) is 18.8. The molecule has 114 valence electrons. The van der Waals surface area contributed by atoms with Gasteiger partial charge in [-0.3, -0.25) is 0 Å². The molecule has 0 aliphatic carbocycles. The summed E-state index contributed by atoms with van der Waals surface area (Å²) >= 11 is 0. The molecule has 0 saturated carbocycles. The Morgan fingerprint density at radius 3 is 2.45 bits per heavy atom. The number of nitrogens with one attached hydrogen (secondary N) is 1. The van der Waals surface area contributed by atoms with Crippen molar-refractivity contribution in [2.24, 2.45) is 0 Å². The van der Waals surface area contributed by atoms with Crippen LogP contribution in [-0.4, -0.2) is 18.6 Å². The largest absolute Gasteiger partial charge is 0.464 e. The lowest BCUT2D eigenvalue weighted by Crippen LogP contribution is -2.28. The summed E-state index contributed by atoms with van der Waals surface area (Å²) in [5.74, 6) is -0.181. The number of esters is 1. The van der Waals surface area contributed by atoms with Crippen LogP contribution in [0.3, 0.4) is 0 Å². The molecule has 4 heteroatoms. The summed E-state index contributed by atoms with van der Waals surface area (Å²) in [6, 6.07) is 9.40. The maximum Gasteiger partial charge on any atom is 0.328 e. The molecule has 0 aromatic heterocycles. The van der Waals surface area contributed by atoms with Crippen molar-refractivity contribution in [1.29, 1.82) is 0 Å². The Hall–Kier alpha value is -1.22. The molecule has 1 atom stereocenters. The number of carbonyl (C=O) groups excluding carboxylic acids is 1. The van der Waals surface area contributed by atoms with Crippen LogP contribution in [0.2, 0.25) is 0 Å². The number of benzene rings is 1. The number of anilines is 1. The molecule has 0 heterocycles. The van der Waals surface area contributed by atoms with Crippen molar-refractivity contribution in [3.05, 3.63) is 30.3 Å². The Bertz CT molecular complexity index is 357. The summed E-state index contributed by atoms with van der Waals surface area (Å²) in [6.07, 6.45) is 5.83. The van der Waals surface area contributed by atoms with Gasteiger partial charge < -0.3 is 10.1 Å². The van der Waals surface area contributed by atoms with Gasteiger partial charge in [-0.1, -0.05) is 50.8 Å². The first-order valence-corrected chi connectivity index (χ1v) is 7.22. The molecular weight excluding hydrogens is 274 g/mol. The fraction of sp³-hybridized carbons (Fsp3) is 0.562. The Morgan fingerprint density at radius 1 is 1.15 bits per heavy atom. The monoisotopic (exact) mass is 299 g/mol. The first-order chi connectivity index (χ1) is 9.24. The zero-order valence-electron chi connectivity index (χ0n) is 12.4. The van der Waals surface area contributed by atoms with E-state index in [0.29, 0.717) is 6.61 Å². The Labute approximate surface area is 128 Å². The molecule has 0 aliphatic heterocycles. The number of carbonyl (C=O) groups is 1. The average molecular weight is 300 g/mol. The van der Waals surface area contributed by atoms with Crippen LogP contribution in [0, 0.1) is 0 Å². The van der Waals surface area contributed by atoms with Gasteiger partial charge in [0.1, 0.15) is 6.04 Å². The Balaban J connectivity index is 0.00000361. The minimum Gasteiger partial charge on any atom is -0.464 e. The molecule has 0 bridgehead atoms. The van der Waals surface area contributed by atoms with Gasteiger partial charge in [0.15, 0.2) is 0 Å². The van der Waals surface area contributed by atoms with Gasteiger partial charge >= 0.3 is 5.97 Å². The molecular formula is C16H26ClNO2. The van der Waals surface area contributed by atoms with Gasteiger partial charge in [-0.2, -0.15) is 0 Å². The van der Waals surface area contributed by atoms with Crippen LogP contribution in [0.4, 0.5) is 5.69 Å². The quantitative estimate of drug-likeness (QED) is 0.542. The lowest BCUT2D eigenvalue weighted by atomic mass is 10.2. The van der Waals surface area contributed by atoms with E-state index in [9.17, 15) is 4.79 Å². The van der Waals surface area contributed by atoms with E-state index in [1.165, 1.54) is 19.3 Å². The summed E-state index contributed by atoms with van der Waals surface area (Å²) < 4.78 is 5.25. The van der Waals surface area contributed by atoms with Crippen LogP contribution in [-0.2, 0) is 9.53 Å². The third-order valence-corrected chi connectivity index (χ3v) is 3.00. The highest BCUT2D eigenvalue weighted by molar-refractivity contribution is 5.85. The number of rotatable bonds is 9. The topological polar surface area (TPSA) is 38.3 Å². The fourth-order valence-corrected chi connectivity index (χ4v) is 1.85. The summed E-state index contributed by atoms with van der Waals surface area (Å²) in [5.41, 5.74) is 0.940. The van der Waals surface area contributed by atoms with Gasteiger partial charge in [-0.05, 0) is 25.5 Å². The number of hydrogen-bond donors (Lipinski definition) is 1. The van der Waals surface area contributed by atoms with Crippen molar-refractivity contribution in [3.63, 3.8) is 0 Å². The normalized spacial score (nSPS) is 11.3. The third kappa shape index (κ3) is 8.05. The van der Waals surface area contributed by atoms with Crippen LogP contribution >= 0.6 is 12.4 Å². The number of halogens is 1. The number of para-hydroxylation sites is 1. The van der Waals surface area contributed by atoms with Crippen molar-refractivity contribution in [1.82, 2.24) is 0 Å². The average Bonchev–Trinajstić information content (AvgIpc) is 2.43. The van der Waals surface area contributed by atoms with E-state index < -0.39 is 0 Å². The molecule has 1 N–H and O–H groups in total. The highest BCUT2D eigenvalue weighted by atomic mass is 35.5. The third-order valence-electron chi connectivity index (χ3n) is 3.00. The molecule has 20 heavy (non-hydrogen) atoms. The van der Waals surface area contributed by atoms with Crippen LogP contribution in [0.15, 0.2) is 30.3 Å². The van der Waals surface area contributed by atoms with E-state index in [1.807, 2.05) is 37.3 Å². The molecule has 0 spiro atoms. The highest BCUT2D eigenvalue weighted by Crippen LogP contribution is 2.08. The van der Waals surface area contributed by atoms with Crippen LogP contribution in [0.1, 0.15) is 46.0 Å². The number of ether oxygens (including phenoxy) is 1.